The Morgan fingerprint density at radius 2 is 1.61 bits per heavy atom. The zero-order valence-corrected chi connectivity index (χ0v) is 16.7. The second-order valence-corrected chi connectivity index (χ2v) is 6.24. The van der Waals surface area contributed by atoms with Gasteiger partial charge < -0.3 is 15.5 Å². The minimum absolute atomic E-state index is 0.445. The first-order chi connectivity index (χ1) is 11.0. The zero-order valence-electron chi connectivity index (χ0n) is 16.7. The Kier molecular flexibility index (Phi) is 13.1. The van der Waals surface area contributed by atoms with Crippen LogP contribution in [0.15, 0.2) is 4.99 Å². The Labute approximate surface area is 144 Å². The van der Waals surface area contributed by atoms with Crippen LogP contribution in [0.5, 0.6) is 0 Å². The minimum atomic E-state index is 0.445. The Hall–Kier alpha value is -0.810. The number of hydrogen-bond donors (Lipinski definition) is 2. The lowest BCUT2D eigenvalue weighted by Crippen LogP contribution is -2.48. The highest BCUT2D eigenvalue weighted by atomic mass is 15.2. The average molecular weight is 328 g/mol. The number of hydrogen-bond acceptors (Lipinski definition) is 3. The molecule has 5 nitrogen and oxygen atoms in total. The number of likely N-dealkylation sites (N-methyl/N-ethyl adjacent to an activating group) is 1. The molecule has 2 N–H and O–H groups in total. The molecule has 0 amide bonds. The summed E-state index contributed by atoms with van der Waals surface area (Å²) in [5.74, 6) is 0.916. The van der Waals surface area contributed by atoms with Crippen molar-refractivity contribution in [2.75, 3.05) is 46.3 Å². The molecule has 0 aliphatic heterocycles. The van der Waals surface area contributed by atoms with Gasteiger partial charge in [-0.15, -0.1) is 0 Å². The van der Waals surface area contributed by atoms with Crippen molar-refractivity contribution < 1.29 is 0 Å². The maximum atomic E-state index is 4.35. The predicted octanol–water partition coefficient (Wildman–Crippen LogP) is 2.39. The van der Waals surface area contributed by atoms with Crippen LogP contribution in [0.25, 0.3) is 0 Å². The van der Waals surface area contributed by atoms with Crippen molar-refractivity contribution in [2.45, 2.75) is 66.5 Å². The van der Waals surface area contributed by atoms with Crippen LogP contribution in [0, 0.1) is 0 Å². The molecule has 2 atom stereocenters. The third-order valence-corrected chi connectivity index (χ3v) is 4.61. The first-order valence-corrected chi connectivity index (χ1v) is 9.45. The number of rotatable bonds is 12. The second kappa shape index (κ2) is 13.6. The predicted molar refractivity (Wildman–Crippen MR) is 103 cm³/mol. The molecule has 0 saturated carbocycles. The lowest BCUT2D eigenvalue weighted by atomic mass is 10.2. The summed E-state index contributed by atoms with van der Waals surface area (Å²) in [6, 6.07) is 0.960. The smallest absolute Gasteiger partial charge is 0.191 e. The molecule has 5 heteroatoms. The molecule has 0 aliphatic rings. The summed E-state index contributed by atoms with van der Waals surface area (Å²) < 4.78 is 0. The van der Waals surface area contributed by atoms with Crippen LogP contribution >= 0.6 is 0 Å². The van der Waals surface area contributed by atoms with Crippen molar-refractivity contribution in [3.63, 3.8) is 0 Å². The molecule has 0 rings (SSSR count). The molecule has 0 saturated heterocycles. The van der Waals surface area contributed by atoms with E-state index in [2.05, 4.69) is 67.0 Å². The maximum absolute atomic E-state index is 4.35. The van der Waals surface area contributed by atoms with Crippen molar-refractivity contribution in [2.24, 2.45) is 4.99 Å². The molecule has 138 valence electrons. The molecule has 2 unspecified atom stereocenters. The van der Waals surface area contributed by atoms with E-state index in [9.17, 15) is 0 Å². The van der Waals surface area contributed by atoms with Gasteiger partial charge in [-0.3, -0.25) is 9.89 Å². The first-order valence-electron chi connectivity index (χ1n) is 9.45. The van der Waals surface area contributed by atoms with Gasteiger partial charge >= 0.3 is 0 Å². The van der Waals surface area contributed by atoms with Gasteiger partial charge in [0.05, 0.1) is 0 Å². The Balaban J connectivity index is 4.08. The van der Waals surface area contributed by atoms with E-state index >= 15 is 0 Å². The van der Waals surface area contributed by atoms with Crippen molar-refractivity contribution in [1.29, 1.82) is 0 Å². The summed E-state index contributed by atoms with van der Waals surface area (Å²) in [6.07, 6.45) is 2.39. The molecule has 0 heterocycles. The fraction of sp³-hybridized carbons (Fsp3) is 0.944. The molecular formula is C18H41N5. The molecular weight excluding hydrogens is 286 g/mol. The van der Waals surface area contributed by atoms with Crippen LogP contribution in [0.2, 0.25) is 0 Å². The van der Waals surface area contributed by atoms with Crippen LogP contribution in [0.4, 0.5) is 0 Å². The van der Waals surface area contributed by atoms with E-state index in [0.29, 0.717) is 12.1 Å². The molecule has 0 aliphatic carbocycles. The first kappa shape index (κ1) is 22.2. The van der Waals surface area contributed by atoms with Gasteiger partial charge in [0, 0.05) is 25.7 Å². The SMILES string of the molecule is CCN(CC)CCCC(C)NC(=NC)NCC(C)N(CC)CC. The van der Waals surface area contributed by atoms with Gasteiger partial charge in [-0.2, -0.15) is 0 Å². The normalized spacial score (nSPS) is 15.1. The summed E-state index contributed by atoms with van der Waals surface area (Å²) >= 11 is 0. The van der Waals surface area contributed by atoms with Crippen molar-refractivity contribution in [3.8, 4) is 0 Å². The molecule has 0 bridgehead atoms. The van der Waals surface area contributed by atoms with E-state index in [1.165, 1.54) is 19.4 Å². The molecule has 23 heavy (non-hydrogen) atoms. The van der Waals surface area contributed by atoms with Crippen LogP contribution in [-0.2, 0) is 0 Å². The van der Waals surface area contributed by atoms with E-state index in [-0.39, 0.29) is 0 Å². The van der Waals surface area contributed by atoms with Crippen molar-refractivity contribution in [1.82, 2.24) is 20.4 Å². The Morgan fingerprint density at radius 3 is 2.09 bits per heavy atom. The summed E-state index contributed by atoms with van der Waals surface area (Å²) in [6.45, 7) is 20.0. The van der Waals surface area contributed by atoms with Crippen LogP contribution in [0.3, 0.4) is 0 Å². The average Bonchev–Trinajstić information content (AvgIpc) is 2.56. The molecule has 0 aromatic carbocycles. The topological polar surface area (TPSA) is 42.9 Å². The lowest BCUT2D eigenvalue weighted by molar-refractivity contribution is 0.231. The lowest BCUT2D eigenvalue weighted by Gasteiger charge is -2.27. The van der Waals surface area contributed by atoms with Gasteiger partial charge in [-0.25, -0.2) is 0 Å². The number of guanidine groups is 1. The molecule has 0 aromatic heterocycles. The Bertz CT molecular complexity index is 298. The van der Waals surface area contributed by atoms with E-state index in [0.717, 1.165) is 38.7 Å². The maximum Gasteiger partial charge on any atom is 0.191 e. The van der Waals surface area contributed by atoms with Gasteiger partial charge in [0.1, 0.15) is 0 Å². The van der Waals surface area contributed by atoms with E-state index in [1.807, 2.05) is 7.05 Å². The highest BCUT2D eigenvalue weighted by molar-refractivity contribution is 5.79. The largest absolute Gasteiger partial charge is 0.355 e. The molecule has 0 spiro atoms. The third kappa shape index (κ3) is 9.82. The molecule has 0 radical (unpaired) electrons. The fourth-order valence-corrected chi connectivity index (χ4v) is 2.88. The summed E-state index contributed by atoms with van der Waals surface area (Å²) in [7, 11) is 1.85. The summed E-state index contributed by atoms with van der Waals surface area (Å²) in [5, 5.41) is 6.97. The number of nitrogens with zero attached hydrogens (tertiary/aromatic N) is 3. The van der Waals surface area contributed by atoms with Crippen molar-refractivity contribution >= 4 is 5.96 Å². The Morgan fingerprint density at radius 1 is 1.00 bits per heavy atom. The van der Waals surface area contributed by atoms with Crippen LogP contribution in [-0.4, -0.2) is 74.2 Å². The summed E-state index contributed by atoms with van der Waals surface area (Å²) in [4.78, 5) is 9.28. The second-order valence-electron chi connectivity index (χ2n) is 6.24. The van der Waals surface area contributed by atoms with Gasteiger partial charge in [0.25, 0.3) is 0 Å². The van der Waals surface area contributed by atoms with Gasteiger partial charge in [-0.1, -0.05) is 27.7 Å². The number of nitrogens with one attached hydrogen (secondary N) is 2. The minimum Gasteiger partial charge on any atom is -0.355 e. The zero-order chi connectivity index (χ0) is 17.7. The fourth-order valence-electron chi connectivity index (χ4n) is 2.88. The number of aliphatic imine (C=N–C) groups is 1. The molecule has 0 aromatic rings. The summed E-state index contributed by atoms with van der Waals surface area (Å²) in [5.41, 5.74) is 0. The monoisotopic (exact) mass is 327 g/mol. The standard InChI is InChI=1S/C18H41N5/c1-8-22(9-2)14-12-13-16(5)21-18(19-7)20-15-17(6)23(10-3)11-4/h16-17H,8-15H2,1-7H3,(H2,19,20,21). The van der Waals surface area contributed by atoms with E-state index in [4.69, 9.17) is 0 Å². The van der Waals surface area contributed by atoms with Gasteiger partial charge in [-0.05, 0) is 59.4 Å². The van der Waals surface area contributed by atoms with E-state index in [1.54, 1.807) is 0 Å². The van der Waals surface area contributed by atoms with E-state index < -0.39 is 0 Å². The molecule has 0 fully saturated rings. The van der Waals surface area contributed by atoms with Crippen LogP contribution < -0.4 is 10.6 Å². The van der Waals surface area contributed by atoms with Crippen molar-refractivity contribution in [3.05, 3.63) is 0 Å². The van der Waals surface area contributed by atoms with Gasteiger partial charge in [0.2, 0.25) is 0 Å². The quantitative estimate of drug-likeness (QED) is 0.427. The highest BCUT2D eigenvalue weighted by Gasteiger charge is 2.11. The highest BCUT2D eigenvalue weighted by Crippen LogP contribution is 2.00. The third-order valence-electron chi connectivity index (χ3n) is 4.61. The van der Waals surface area contributed by atoms with Crippen LogP contribution in [0.1, 0.15) is 54.4 Å². The van der Waals surface area contributed by atoms with Gasteiger partial charge in [0.15, 0.2) is 5.96 Å².